The van der Waals surface area contributed by atoms with Gasteiger partial charge in [0.1, 0.15) is 0 Å². The van der Waals surface area contributed by atoms with Crippen LogP contribution in [0.2, 0.25) is 0 Å². The van der Waals surface area contributed by atoms with E-state index in [9.17, 15) is 4.79 Å². The average molecular weight is 328 g/mol. The molecule has 2 heteroatoms. The second-order valence-corrected chi connectivity index (χ2v) is 5.69. The second-order valence-electron chi connectivity index (χ2n) is 4.53. The minimum absolute atomic E-state index is 0.276. The number of hydrogen-bond donors (Lipinski definition) is 0. The number of benzene rings is 1. The lowest BCUT2D eigenvalue weighted by Gasteiger charge is -2.13. The highest BCUT2D eigenvalue weighted by Crippen LogP contribution is 2.27. The summed E-state index contributed by atoms with van der Waals surface area (Å²) in [6, 6.07) is 7.94. The van der Waals surface area contributed by atoms with Crippen LogP contribution >= 0.6 is 22.6 Å². The summed E-state index contributed by atoms with van der Waals surface area (Å²) >= 11 is 2.26. The first kappa shape index (κ1) is 12.1. The summed E-state index contributed by atoms with van der Waals surface area (Å²) in [6.07, 6.45) is 7.22. The number of Topliss-reactive ketones (excluding diaryl/α,β-unsaturated/α-hetero) is 1. The fraction of sp³-hybridized carbons (Fsp3) is 0.500. The molecular weight excluding hydrogens is 311 g/mol. The average Bonchev–Trinajstić information content (AvgIpc) is 2.57. The van der Waals surface area contributed by atoms with Crippen molar-refractivity contribution >= 4 is 28.4 Å². The fourth-order valence-electron chi connectivity index (χ4n) is 2.42. The van der Waals surface area contributed by atoms with E-state index in [0.29, 0.717) is 5.78 Å². The van der Waals surface area contributed by atoms with E-state index in [1.54, 1.807) is 0 Å². The normalized spacial score (nSPS) is 18.1. The SMILES string of the molecule is O=C(c1ccccc1I)C1CCCCCC1. The van der Waals surface area contributed by atoms with Crippen molar-refractivity contribution in [1.82, 2.24) is 0 Å². The molecule has 0 amide bonds. The Balaban J connectivity index is 2.14. The molecule has 1 aliphatic rings. The van der Waals surface area contributed by atoms with Crippen LogP contribution in [0, 0.1) is 9.49 Å². The molecule has 1 aromatic rings. The molecule has 0 N–H and O–H groups in total. The predicted molar refractivity (Wildman–Crippen MR) is 74.7 cm³/mol. The lowest BCUT2D eigenvalue weighted by Crippen LogP contribution is -2.15. The van der Waals surface area contributed by atoms with E-state index in [1.807, 2.05) is 24.3 Å². The van der Waals surface area contributed by atoms with E-state index < -0.39 is 0 Å². The van der Waals surface area contributed by atoms with Crippen molar-refractivity contribution in [3.05, 3.63) is 33.4 Å². The Kier molecular flexibility index (Phi) is 4.38. The minimum atomic E-state index is 0.276. The van der Waals surface area contributed by atoms with Gasteiger partial charge in [-0.25, -0.2) is 0 Å². The van der Waals surface area contributed by atoms with Gasteiger partial charge in [0.2, 0.25) is 0 Å². The van der Waals surface area contributed by atoms with Crippen LogP contribution in [0.5, 0.6) is 0 Å². The molecule has 0 saturated heterocycles. The van der Waals surface area contributed by atoms with Gasteiger partial charge in [0.15, 0.2) is 5.78 Å². The molecular formula is C14H17IO. The van der Waals surface area contributed by atoms with Crippen LogP contribution in [-0.2, 0) is 0 Å². The third-order valence-corrected chi connectivity index (χ3v) is 4.31. The summed E-state index contributed by atoms with van der Waals surface area (Å²) in [4.78, 5) is 12.4. The highest BCUT2D eigenvalue weighted by atomic mass is 127. The zero-order chi connectivity index (χ0) is 11.4. The van der Waals surface area contributed by atoms with Gasteiger partial charge in [-0.15, -0.1) is 0 Å². The largest absolute Gasteiger partial charge is 0.294 e. The molecule has 16 heavy (non-hydrogen) atoms. The lowest BCUT2D eigenvalue weighted by molar-refractivity contribution is 0.0907. The van der Waals surface area contributed by atoms with Crippen LogP contribution in [0.4, 0.5) is 0 Å². The maximum absolute atomic E-state index is 12.4. The lowest BCUT2D eigenvalue weighted by atomic mass is 9.91. The second kappa shape index (κ2) is 5.80. The third-order valence-electron chi connectivity index (χ3n) is 3.37. The quantitative estimate of drug-likeness (QED) is 0.445. The van der Waals surface area contributed by atoms with Crippen LogP contribution in [0.3, 0.4) is 0 Å². The third kappa shape index (κ3) is 2.84. The smallest absolute Gasteiger partial charge is 0.167 e. The molecule has 1 saturated carbocycles. The maximum atomic E-state index is 12.4. The van der Waals surface area contributed by atoms with Gasteiger partial charge in [-0.1, -0.05) is 43.9 Å². The number of halogens is 1. The molecule has 0 spiro atoms. The molecule has 86 valence electrons. The van der Waals surface area contributed by atoms with Crippen molar-refractivity contribution in [1.29, 1.82) is 0 Å². The molecule has 0 atom stereocenters. The number of carbonyl (C=O) groups is 1. The molecule has 2 rings (SSSR count). The number of hydrogen-bond acceptors (Lipinski definition) is 1. The summed E-state index contributed by atoms with van der Waals surface area (Å²) in [5, 5.41) is 0. The van der Waals surface area contributed by atoms with Gasteiger partial charge in [-0.05, 0) is 41.5 Å². The predicted octanol–water partition coefficient (Wildman–Crippen LogP) is 4.44. The Morgan fingerprint density at radius 2 is 1.69 bits per heavy atom. The highest BCUT2D eigenvalue weighted by Gasteiger charge is 2.22. The molecule has 0 aliphatic heterocycles. The van der Waals surface area contributed by atoms with Crippen molar-refractivity contribution in [2.75, 3.05) is 0 Å². The Hall–Kier alpha value is -0.380. The van der Waals surface area contributed by atoms with E-state index in [2.05, 4.69) is 22.6 Å². The summed E-state index contributed by atoms with van der Waals surface area (Å²) < 4.78 is 1.09. The van der Waals surface area contributed by atoms with Gasteiger partial charge in [0.05, 0.1) is 0 Å². The molecule has 0 bridgehead atoms. The topological polar surface area (TPSA) is 17.1 Å². The number of carbonyl (C=O) groups excluding carboxylic acids is 1. The zero-order valence-corrected chi connectivity index (χ0v) is 11.6. The molecule has 1 nitrogen and oxygen atoms in total. The molecule has 0 aromatic heterocycles. The Bertz CT molecular complexity index is 365. The van der Waals surface area contributed by atoms with E-state index in [1.165, 1.54) is 25.7 Å². The van der Waals surface area contributed by atoms with Crippen molar-refractivity contribution in [2.24, 2.45) is 5.92 Å². The molecule has 0 radical (unpaired) electrons. The van der Waals surface area contributed by atoms with Crippen LogP contribution in [0.25, 0.3) is 0 Å². The van der Waals surface area contributed by atoms with Crippen molar-refractivity contribution in [3.8, 4) is 0 Å². The standard InChI is InChI=1S/C14H17IO/c15-13-10-6-5-9-12(13)14(16)11-7-3-1-2-4-8-11/h5-6,9-11H,1-4,7-8H2. The molecule has 1 fully saturated rings. The Morgan fingerprint density at radius 1 is 1.06 bits per heavy atom. The van der Waals surface area contributed by atoms with Gasteiger partial charge in [0, 0.05) is 15.1 Å². The van der Waals surface area contributed by atoms with E-state index in [-0.39, 0.29) is 5.92 Å². The van der Waals surface area contributed by atoms with Crippen molar-refractivity contribution < 1.29 is 4.79 Å². The minimum Gasteiger partial charge on any atom is -0.294 e. The van der Waals surface area contributed by atoms with E-state index in [4.69, 9.17) is 0 Å². The first-order chi connectivity index (χ1) is 7.79. The zero-order valence-electron chi connectivity index (χ0n) is 9.42. The summed E-state index contributed by atoms with van der Waals surface area (Å²) in [7, 11) is 0. The summed E-state index contributed by atoms with van der Waals surface area (Å²) in [5.41, 5.74) is 0.926. The highest BCUT2D eigenvalue weighted by molar-refractivity contribution is 14.1. The Labute approximate surface area is 111 Å². The molecule has 0 unspecified atom stereocenters. The number of rotatable bonds is 2. The van der Waals surface area contributed by atoms with Gasteiger partial charge < -0.3 is 0 Å². The van der Waals surface area contributed by atoms with E-state index in [0.717, 1.165) is 22.0 Å². The first-order valence-corrected chi connectivity index (χ1v) is 7.15. The van der Waals surface area contributed by atoms with Crippen LogP contribution < -0.4 is 0 Å². The Morgan fingerprint density at radius 3 is 2.31 bits per heavy atom. The van der Waals surface area contributed by atoms with Crippen molar-refractivity contribution in [3.63, 3.8) is 0 Å². The maximum Gasteiger partial charge on any atom is 0.167 e. The van der Waals surface area contributed by atoms with Crippen LogP contribution in [0.15, 0.2) is 24.3 Å². The van der Waals surface area contributed by atoms with Gasteiger partial charge in [-0.2, -0.15) is 0 Å². The van der Waals surface area contributed by atoms with Gasteiger partial charge in [-0.3, -0.25) is 4.79 Å². The van der Waals surface area contributed by atoms with Crippen molar-refractivity contribution in [2.45, 2.75) is 38.5 Å². The van der Waals surface area contributed by atoms with Crippen LogP contribution in [-0.4, -0.2) is 5.78 Å². The molecule has 0 heterocycles. The van der Waals surface area contributed by atoms with E-state index >= 15 is 0 Å². The number of ketones is 1. The fourth-order valence-corrected chi connectivity index (χ4v) is 3.08. The van der Waals surface area contributed by atoms with Gasteiger partial charge >= 0.3 is 0 Å². The summed E-state index contributed by atoms with van der Waals surface area (Å²) in [6.45, 7) is 0. The molecule has 1 aromatic carbocycles. The molecule has 1 aliphatic carbocycles. The van der Waals surface area contributed by atoms with Crippen LogP contribution in [0.1, 0.15) is 48.9 Å². The van der Waals surface area contributed by atoms with Gasteiger partial charge in [0.25, 0.3) is 0 Å². The first-order valence-electron chi connectivity index (χ1n) is 6.08. The summed E-state index contributed by atoms with van der Waals surface area (Å²) in [5.74, 6) is 0.644. The monoisotopic (exact) mass is 328 g/mol.